The maximum absolute atomic E-state index is 13.8. The first-order valence-corrected chi connectivity index (χ1v) is 13.2. The molecule has 3 aromatic rings. The zero-order valence-corrected chi connectivity index (χ0v) is 21.7. The molecular formula is C25H21ClN2O6S2. The third kappa shape index (κ3) is 4.03. The minimum absolute atomic E-state index is 0.185. The molecule has 5 rings (SSSR count). The van der Waals surface area contributed by atoms with Crippen LogP contribution in [0.15, 0.2) is 58.4 Å². The minimum Gasteiger partial charge on any atom is -0.496 e. The first-order valence-electron chi connectivity index (χ1n) is 11.2. The average Bonchev–Trinajstić information content (AvgIpc) is 3.31. The van der Waals surface area contributed by atoms with E-state index < -0.39 is 23.1 Å². The number of nitrogens with zero attached hydrogens (tertiary/aromatic N) is 2. The van der Waals surface area contributed by atoms with E-state index in [2.05, 4.69) is 0 Å². The molecule has 8 nitrogen and oxygen atoms in total. The fraction of sp³-hybridized carbons (Fsp3) is 0.280. The van der Waals surface area contributed by atoms with E-state index in [-0.39, 0.29) is 29.8 Å². The summed E-state index contributed by atoms with van der Waals surface area (Å²) in [5.74, 6) is -2.13. The van der Waals surface area contributed by atoms with Crippen molar-refractivity contribution in [3.05, 3.63) is 73.7 Å². The molecule has 1 aromatic heterocycles. The number of hydrogen-bond acceptors (Lipinski definition) is 8. The van der Waals surface area contributed by atoms with Gasteiger partial charge in [0.05, 0.1) is 30.3 Å². The van der Waals surface area contributed by atoms with Crippen molar-refractivity contribution in [3.8, 4) is 5.75 Å². The number of thioether (sulfide) groups is 1. The van der Waals surface area contributed by atoms with E-state index in [0.717, 1.165) is 23.1 Å². The second kappa shape index (κ2) is 9.76. The maximum atomic E-state index is 13.8. The summed E-state index contributed by atoms with van der Waals surface area (Å²) < 4.78 is 12.0. The Bertz CT molecular complexity index is 1420. The largest absolute Gasteiger partial charge is 0.496 e. The van der Waals surface area contributed by atoms with Gasteiger partial charge in [-0.05, 0) is 37.3 Å². The normalized spacial score (nSPS) is 20.8. The number of carbonyl (C=O) groups excluding carboxylic acids is 3. The number of anilines is 1. The summed E-state index contributed by atoms with van der Waals surface area (Å²) in [4.78, 5) is 54.2. The number of para-hydroxylation sites is 1. The quantitative estimate of drug-likeness (QED) is 0.343. The first-order chi connectivity index (χ1) is 17.3. The Labute approximate surface area is 219 Å². The molecule has 2 amide bonds. The van der Waals surface area contributed by atoms with Gasteiger partial charge >= 0.3 is 10.8 Å². The predicted molar refractivity (Wildman–Crippen MR) is 137 cm³/mol. The number of aromatic nitrogens is 1. The second-order valence-corrected chi connectivity index (χ2v) is 10.8. The lowest BCUT2D eigenvalue weighted by molar-refractivity contribution is -0.144. The second-order valence-electron chi connectivity index (χ2n) is 8.20. The molecule has 2 aliphatic rings. The van der Waals surface area contributed by atoms with Gasteiger partial charge in [-0.1, -0.05) is 52.9 Å². The summed E-state index contributed by atoms with van der Waals surface area (Å²) >= 11 is 8.14. The molecule has 11 heteroatoms. The number of benzene rings is 2. The van der Waals surface area contributed by atoms with Crippen molar-refractivity contribution >= 4 is 58.2 Å². The van der Waals surface area contributed by atoms with Gasteiger partial charge in [0, 0.05) is 21.4 Å². The van der Waals surface area contributed by atoms with Gasteiger partial charge in [-0.25, -0.2) is 4.90 Å². The molecule has 0 N–H and O–H groups in total. The predicted octanol–water partition coefficient (Wildman–Crippen LogP) is 3.93. The Hall–Kier alpha value is -3.08. The van der Waals surface area contributed by atoms with Gasteiger partial charge in [0.15, 0.2) is 0 Å². The van der Waals surface area contributed by atoms with Crippen LogP contribution in [0, 0.1) is 5.92 Å². The SMILES string of the molecule is CCOC(=O)Cn1c2c(sc1=O)[C@H](c1ccccc1OC)C1C(=O)N(c3ccc(Cl)cc3)C(=O)C1S2. The summed E-state index contributed by atoms with van der Waals surface area (Å²) in [7, 11) is 1.53. The van der Waals surface area contributed by atoms with Gasteiger partial charge in [-0.2, -0.15) is 0 Å². The monoisotopic (exact) mass is 544 g/mol. The van der Waals surface area contributed by atoms with Crippen molar-refractivity contribution in [2.24, 2.45) is 5.92 Å². The van der Waals surface area contributed by atoms with Crippen LogP contribution >= 0.6 is 34.7 Å². The number of halogens is 1. The van der Waals surface area contributed by atoms with Gasteiger partial charge in [-0.3, -0.25) is 23.7 Å². The van der Waals surface area contributed by atoms with Crippen LogP contribution in [0.1, 0.15) is 23.3 Å². The highest BCUT2D eigenvalue weighted by Gasteiger charge is 2.57. The highest BCUT2D eigenvalue weighted by molar-refractivity contribution is 8.00. The molecule has 1 fully saturated rings. The van der Waals surface area contributed by atoms with Crippen LogP contribution in [0.5, 0.6) is 5.75 Å². The topological polar surface area (TPSA) is 94.9 Å². The average molecular weight is 545 g/mol. The van der Waals surface area contributed by atoms with Crippen LogP contribution in [-0.4, -0.2) is 41.3 Å². The van der Waals surface area contributed by atoms with E-state index in [1.54, 1.807) is 37.3 Å². The van der Waals surface area contributed by atoms with E-state index in [0.29, 0.717) is 31.9 Å². The molecule has 0 saturated carbocycles. The van der Waals surface area contributed by atoms with Gasteiger partial charge in [0.2, 0.25) is 11.8 Å². The lowest BCUT2D eigenvalue weighted by Crippen LogP contribution is -2.33. The van der Waals surface area contributed by atoms with Gasteiger partial charge in [0.25, 0.3) is 0 Å². The molecule has 0 radical (unpaired) electrons. The van der Waals surface area contributed by atoms with E-state index in [1.165, 1.54) is 16.6 Å². The molecule has 1 saturated heterocycles. The molecule has 3 atom stereocenters. The molecule has 36 heavy (non-hydrogen) atoms. The number of thiazole rings is 1. The minimum atomic E-state index is -0.793. The molecule has 2 unspecified atom stereocenters. The van der Waals surface area contributed by atoms with Crippen LogP contribution in [0.25, 0.3) is 0 Å². The first kappa shape index (κ1) is 24.6. The highest BCUT2D eigenvalue weighted by Crippen LogP contribution is 2.55. The molecular weight excluding hydrogens is 524 g/mol. The summed E-state index contributed by atoms with van der Waals surface area (Å²) in [6, 6.07) is 13.8. The number of rotatable bonds is 6. The number of hydrogen-bond donors (Lipinski definition) is 0. The van der Waals surface area contributed by atoms with Crippen LogP contribution < -0.4 is 14.5 Å². The number of amides is 2. The molecule has 2 aliphatic heterocycles. The number of esters is 1. The standard InChI is InChI=1S/C25H21ClN2O6S2/c1-3-34-17(29)12-27-24-21(36-25(27)32)18(15-6-4-5-7-16(15)33-2)19-20(35-24)23(31)28(22(19)30)14-10-8-13(26)9-11-14/h4-11,18-20H,3,12H2,1-2H3/t18-,19?,20?/m1/s1. The van der Waals surface area contributed by atoms with E-state index in [9.17, 15) is 19.2 Å². The fourth-order valence-corrected chi connectivity index (χ4v) is 7.58. The van der Waals surface area contributed by atoms with Crippen LogP contribution in [0.3, 0.4) is 0 Å². The van der Waals surface area contributed by atoms with Crippen molar-refractivity contribution in [1.29, 1.82) is 0 Å². The summed E-state index contributed by atoms with van der Waals surface area (Å²) in [6.45, 7) is 1.60. The van der Waals surface area contributed by atoms with Crippen molar-refractivity contribution in [2.45, 2.75) is 29.7 Å². The fourth-order valence-electron chi connectivity index (χ4n) is 4.69. The Morgan fingerprint density at radius 2 is 1.78 bits per heavy atom. The van der Waals surface area contributed by atoms with Gasteiger partial charge in [0.1, 0.15) is 17.5 Å². The smallest absolute Gasteiger partial charge is 0.326 e. The van der Waals surface area contributed by atoms with Crippen molar-refractivity contribution in [3.63, 3.8) is 0 Å². The summed E-state index contributed by atoms with van der Waals surface area (Å²) in [6.07, 6.45) is 0. The Balaban J connectivity index is 1.67. The van der Waals surface area contributed by atoms with Crippen LogP contribution in [0.4, 0.5) is 5.69 Å². The Morgan fingerprint density at radius 3 is 2.47 bits per heavy atom. The number of fused-ring (bicyclic) bond motifs is 2. The van der Waals surface area contributed by atoms with Crippen LogP contribution in [-0.2, 0) is 25.7 Å². The molecule has 186 valence electrons. The summed E-state index contributed by atoms with van der Waals surface area (Å²) in [5, 5.41) is 0.189. The molecule has 2 aromatic carbocycles. The number of imide groups is 1. The number of carbonyl (C=O) groups is 3. The molecule has 0 aliphatic carbocycles. The van der Waals surface area contributed by atoms with Crippen LogP contribution in [0.2, 0.25) is 5.02 Å². The van der Waals surface area contributed by atoms with E-state index >= 15 is 0 Å². The maximum Gasteiger partial charge on any atom is 0.326 e. The molecule has 0 spiro atoms. The van der Waals surface area contributed by atoms with Gasteiger partial charge in [-0.15, -0.1) is 0 Å². The van der Waals surface area contributed by atoms with Crippen molar-refractivity contribution in [1.82, 2.24) is 4.57 Å². The lowest BCUT2D eigenvalue weighted by Gasteiger charge is -2.31. The summed E-state index contributed by atoms with van der Waals surface area (Å²) in [5.41, 5.74) is 1.12. The Morgan fingerprint density at radius 1 is 1.06 bits per heavy atom. The highest BCUT2D eigenvalue weighted by atomic mass is 35.5. The zero-order valence-electron chi connectivity index (χ0n) is 19.3. The zero-order chi connectivity index (χ0) is 25.6. The lowest BCUT2D eigenvalue weighted by atomic mass is 9.82. The van der Waals surface area contributed by atoms with Gasteiger partial charge < -0.3 is 9.47 Å². The van der Waals surface area contributed by atoms with Crippen molar-refractivity contribution in [2.75, 3.05) is 18.6 Å². The number of methoxy groups -OCH3 is 1. The molecule has 0 bridgehead atoms. The Kier molecular flexibility index (Phi) is 6.67. The third-order valence-corrected chi connectivity index (χ3v) is 9.06. The van der Waals surface area contributed by atoms with E-state index in [1.807, 2.05) is 18.2 Å². The molecule has 3 heterocycles. The number of ether oxygens (including phenoxy) is 2. The third-order valence-electron chi connectivity index (χ3n) is 6.20. The van der Waals surface area contributed by atoms with Crippen molar-refractivity contribution < 1.29 is 23.9 Å². The van der Waals surface area contributed by atoms with E-state index in [4.69, 9.17) is 21.1 Å².